The van der Waals surface area contributed by atoms with Crippen molar-refractivity contribution in [2.24, 2.45) is 5.92 Å². The maximum absolute atomic E-state index is 14.2. The maximum Gasteiger partial charge on any atom is 0.417 e. The summed E-state index contributed by atoms with van der Waals surface area (Å²) in [5, 5.41) is 2.97. The first-order valence-electron chi connectivity index (χ1n) is 10.9. The minimum atomic E-state index is -4.90. The molecule has 0 radical (unpaired) electrons. The van der Waals surface area contributed by atoms with Crippen molar-refractivity contribution in [1.82, 2.24) is 9.97 Å². The lowest BCUT2D eigenvalue weighted by atomic mass is 9.97. The van der Waals surface area contributed by atoms with E-state index in [1.807, 2.05) is 4.72 Å². The fraction of sp³-hybridized carbons (Fsp3) is 0.167. The number of amides is 1. The van der Waals surface area contributed by atoms with Gasteiger partial charge in [-0.15, -0.1) is 0 Å². The number of carbonyl (C=O) groups is 1. The molecule has 7 nitrogen and oxygen atoms in total. The van der Waals surface area contributed by atoms with E-state index in [4.69, 9.17) is 0 Å². The van der Waals surface area contributed by atoms with E-state index in [-0.39, 0.29) is 34.4 Å². The van der Waals surface area contributed by atoms with E-state index in [0.717, 1.165) is 31.0 Å². The molecular formula is C24H17F5N4O3S. The van der Waals surface area contributed by atoms with Crippen molar-refractivity contribution in [1.29, 1.82) is 0 Å². The Hall–Kier alpha value is -4.00. The molecule has 0 aliphatic heterocycles. The number of fused-ring (bicyclic) bond motifs is 1. The number of aromatic amines is 1. The van der Waals surface area contributed by atoms with Crippen LogP contribution < -0.4 is 10.0 Å². The molecule has 0 unspecified atom stereocenters. The number of aromatic nitrogens is 2. The minimum Gasteiger partial charge on any atom is -0.346 e. The SMILES string of the molecule is O=C(Nc1cc(-c2ccc(NS(=O)(=O)c3ccc(F)c(F)c3)cc2C(F)(F)F)c2cc[nH]c2n1)C1CC1. The third kappa shape index (κ3) is 4.99. The third-order valence-electron chi connectivity index (χ3n) is 5.80. The number of hydrogen-bond donors (Lipinski definition) is 3. The summed E-state index contributed by atoms with van der Waals surface area (Å²) in [6.07, 6.45) is -1.96. The van der Waals surface area contributed by atoms with Gasteiger partial charge in [0.25, 0.3) is 10.0 Å². The Balaban J connectivity index is 1.57. The van der Waals surface area contributed by atoms with Gasteiger partial charge in [-0.1, -0.05) is 6.07 Å². The van der Waals surface area contributed by atoms with E-state index in [1.165, 1.54) is 18.3 Å². The molecule has 37 heavy (non-hydrogen) atoms. The van der Waals surface area contributed by atoms with Crippen LogP contribution in [-0.4, -0.2) is 24.3 Å². The molecule has 4 aromatic rings. The van der Waals surface area contributed by atoms with Gasteiger partial charge in [0, 0.05) is 23.2 Å². The summed E-state index contributed by atoms with van der Waals surface area (Å²) < 4.78 is 96.3. The Labute approximate surface area is 206 Å². The number of nitrogens with zero attached hydrogens (tertiary/aromatic N) is 1. The van der Waals surface area contributed by atoms with Crippen LogP contribution in [0.5, 0.6) is 0 Å². The molecule has 0 bridgehead atoms. The normalized spacial score (nSPS) is 14.1. The van der Waals surface area contributed by atoms with Crippen molar-refractivity contribution in [3.63, 3.8) is 0 Å². The van der Waals surface area contributed by atoms with E-state index in [2.05, 4.69) is 15.3 Å². The number of rotatable bonds is 6. The second-order valence-corrected chi connectivity index (χ2v) is 10.2. The van der Waals surface area contributed by atoms with Crippen molar-refractivity contribution in [2.45, 2.75) is 23.9 Å². The van der Waals surface area contributed by atoms with Crippen molar-refractivity contribution in [3.8, 4) is 11.1 Å². The van der Waals surface area contributed by atoms with Gasteiger partial charge in [0.2, 0.25) is 5.91 Å². The number of pyridine rings is 1. The summed E-state index contributed by atoms with van der Waals surface area (Å²) in [5.41, 5.74) is -1.52. The summed E-state index contributed by atoms with van der Waals surface area (Å²) in [6.45, 7) is 0. The number of halogens is 5. The highest BCUT2D eigenvalue weighted by molar-refractivity contribution is 7.92. The van der Waals surface area contributed by atoms with Crippen LogP contribution in [0.3, 0.4) is 0 Å². The zero-order valence-electron chi connectivity index (χ0n) is 18.7. The number of anilines is 2. The summed E-state index contributed by atoms with van der Waals surface area (Å²) in [5.74, 6) is -3.06. The van der Waals surface area contributed by atoms with Gasteiger partial charge in [-0.25, -0.2) is 22.2 Å². The Kier molecular flexibility index (Phi) is 5.89. The van der Waals surface area contributed by atoms with Crippen molar-refractivity contribution >= 4 is 38.5 Å². The maximum atomic E-state index is 14.2. The minimum absolute atomic E-state index is 0.0677. The van der Waals surface area contributed by atoms with Gasteiger partial charge in [-0.05, 0) is 66.4 Å². The second kappa shape index (κ2) is 8.83. The van der Waals surface area contributed by atoms with Gasteiger partial charge >= 0.3 is 6.18 Å². The highest BCUT2D eigenvalue weighted by Crippen LogP contribution is 2.42. The largest absolute Gasteiger partial charge is 0.417 e. The number of sulfonamides is 1. The molecule has 192 valence electrons. The molecule has 1 saturated carbocycles. The van der Waals surface area contributed by atoms with Crippen LogP contribution in [0.15, 0.2) is 59.6 Å². The Morgan fingerprint density at radius 2 is 1.73 bits per heavy atom. The molecule has 2 aromatic heterocycles. The molecule has 0 atom stereocenters. The first-order chi connectivity index (χ1) is 17.4. The van der Waals surface area contributed by atoms with Gasteiger partial charge in [0.05, 0.1) is 10.5 Å². The van der Waals surface area contributed by atoms with Crippen LogP contribution in [-0.2, 0) is 21.0 Å². The third-order valence-corrected chi connectivity index (χ3v) is 7.18. The Morgan fingerprint density at radius 1 is 0.973 bits per heavy atom. The average molecular weight is 536 g/mol. The number of H-pyrrole nitrogens is 1. The molecular weight excluding hydrogens is 519 g/mol. The number of nitrogens with one attached hydrogen (secondary N) is 3. The first kappa shape index (κ1) is 24.7. The molecule has 3 N–H and O–H groups in total. The fourth-order valence-corrected chi connectivity index (χ4v) is 4.89. The van der Waals surface area contributed by atoms with Crippen LogP contribution >= 0.6 is 0 Å². The van der Waals surface area contributed by atoms with Gasteiger partial charge in [-0.3, -0.25) is 9.52 Å². The Morgan fingerprint density at radius 3 is 2.41 bits per heavy atom. The number of alkyl halides is 3. The molecule has 0 spiro atoms. The van der Waals surface area contributed by atoms with E-state index in [0.29, 0.717) is 23.6 Å². The average Bonchev–Trinajstić information content (AvgIpc) is 3.57. The number of hydrogen-bond acceptors (Lipinski definition) is 4. The lowest BCUT2D eigenvalue weighted by Gasteiger charge is -2.17. The lowest BCUT2D eigenvalue weighted by Crippen LogP contribution is -2.15. The summed E-state index contributed by atoms with van der Waals surface area (Å²) in [7, 11) is -4.53. The molecule has 0 saturated heterocycles. The smallest absolute Gasteiger partial charge is 0.346 e. The Bertz CT molecular complexity index is 1650. The molecule has 2 heterocycles. The quantitative estimate of drug-likeness (QED) is 0.276. The van der Waals surface area contributed by atoms with Crippen molar-refractivity contribution in [2.75, 3.05) is 10.0 Å². The molecule has 13 heteroatoms. The fourth-order valence-electron chi connectivity index (χ4n) is 3.83. The van der Waals surface area contributed by atoms with Gasteiger partial charge < -0.3 is 10.3 Å². The van der Waals surface area contributed by atoms with E-state index in [1.54, 1.807) is 0 Å². The second-order valence-electron chi connectivity index (χ2n) is 8.50. The summed E-state index contributed by atoms with van der Waals surface area (Å²) >= 11 is 0. The van der Waals surface area contributed by atoms with Gasteiger partial charge in [0.15, 0.2) is 11.6 Å². The summed E-state index contributed by atoms with van der Waals surface area (Å²) in [6, 6.07) is 7.47. The van der Waals surface area contributed by atoms with E-state index >= 15 is 0 Å². The van der Waals surface area contributed by atoms with Gasteiger partial charge in [0.1, 0.15) is 11.5 Å². The van der Waals surface area contributed by atoms with Crippen molar-refractivity contribution in [3.05, 3.63) is 71.9 Å². The summed E-state index contributed by atoms with van der Waals surface area (Å²) in [4.78, 5) is 18.6. The van der Waals surface area contributed by atoms with Gasteiger partial charge in [-0.2, -0.15) is 13.2 Å². The number of benzene rings is 2. The molecule has 1 fully saturated rings. The lowest BCUT2D eigenvalue weighted by molar-refractivity contribution is -0.137. The predicted octanol–water partition coefficient (Wildman–Crippen LogP) is 5.68. The zero-order chi connectivity index (χ0) is 26.5. The molecule has 5 rings (SSSR count). The van der Waals surface area contributed by atoms with E-state index < -0.39 is 44.0 Å². The van der Waals surface area contributed by atoms with E-state index in [9.17, 15) is 35.2 Å². The highest BCUT2D eigenvalue weighted by Gasteiger charge is 2.35. The standard InChI is InChI=1S/C24H17F5N4O3S/c25-19-6-4-14(10-20(19)26)37(35,36)33-13-3-5-15(18(9-13)24(27,28)29)17-11-21(32-23(34)12-1-2-12)31-22-16(17)7-8-30-22/h3-12,33H,1-2H2,(H2,30,31,32,34). The molecule has 1 amide bonds. The van der Waals surface area contributed by atoms with Crippen LogP contribution in [0.25, 0.3) is 22.2 Å². The molecule has 1 aliphatic carbocycles. The van der Waals surface area contributed by atoms with Crippen LogP contribution in [0, 0.1) is 17.6 Å². The zero-order valence-corrected chi connectivity index (χ0v) is 19.5. The molecule has 2 aromatic carbocycles. The highest BCUT2D eigenvalue weighted by atomic mass is 32.2. The monoisotopic (exact) mass is 536 g/mol. The number of carbonyl (C=O) groups excluding carboxylic acids is 1. The van der Waals surface area contributed by atoms with Crippen LogP contribution in [0.2, 0.25) is 0 Å². The molecule has 1 aliphatic rings. The topological polar surface area (TPSA) is 104 Å². The van der Waals surface area contributed by atoms with Crippen molar-refractivity contribution < 1.29 is 35.2 Å². The predicted molar refractivity (Wildman–Crippen MR) is 125 cm³/mol. The van der Waals surface area contributed by atoms with Crippen LogP contribution in [0.4, 0.5) is 33.5 Å². The first-order valence-corrected chi connectivity index (χ1v) is 12.4. The van der Waals surface area contributed by atoms with Crippen LogP contribution in [0.1, 0.15) is 18.4 Å².